The van der Waals surface area contributed by atoms with Crippen molar-refractivity contribution < 1.29 is 9.53 Å². The van der Waals surface area contributed by atoms with E-state index in [2.05, 4.69) is 20.3 Å². The number of anilines is 2. The van der Waals surface area contributed by atoms with Gasteiger partial charge < -0.3 is 14.5 Å². The molecule has 1 amide bonds. The average Bonchev–Trinajstić information content (AvgIpc) is 2.48. The lowest BCUT2D eigenvalue weighted by atomic mass is 10.3. The molecular weight excluding hydrogens is 248 g/mol. The van der Waals surface area contributed by atoms with Gasteiger partial charge >= 0.3 is 6.09 Å². The van der Waals surface area contributed by atoms with E-state index < -0.39 is 0 Å². The maximum absolute atomic E-state index is 11.6. The summed E-state index contributed by atoms with van der Waals surface area (Å²) < 4.78 is 4.98. The number of nitrogens with zero attached hydrogens (tertiary/aromatic N) is 4. The van der Waals surface area contributed by atoms with Crippen LogP contribution in [0.1, 0.15) is 6.92 Å². The standard InChI is InChI=1S/C11H18N6O2/c1-2-19-11(18)17-7-5-16(6-8-17)9-3-4-13-10(14-9)15-12/h3-4H,2,5-8,12H2,1H3,(H,13,14,15). The first-order valence-corrected chi connectivity index (χ1v) is 6.21. The summed E-state index contributed by atoms with van der Waals surface area (Å²) in [4.78, 5) is 23.6. The molecule has 2 rings (SSSR count). The number of carbonyl (C=O) groups is 1. The Balaban J connectivity index is 1.94. The molecule has 0 atom stereocenters. The van der Waals surface area contributed by atoms with Gasteiger partial charge in [0.25, 0.3) is 0 Å². The fraction of sp³-hybridized carbons (Fsp3) is 0.545. The van der Waals surface area contributed by atoms with Gasteiger partial charge in [0.1, 0.15) is 5.82 Å². The van der Waals surface area contributed by atoms with E-state index in [9.17, 15) is 4.79 Å². The zero-order valence-electron chi connectivity index (χ0n) is 10.9. The van der Waals surface area contributed by atoms with Crippen LogP contribution in [0.5, 0.6) is 0 Å². The van der Waals surface area contributed by atoms with Crippen molar-refractivity contribution in [2.24, 2.45) is 5.84 Å². The normalized spacial score (nSPS) is 15.3. The van der Waals surface area contributed by atoms with Crippen molar-refractivity contribution in [3.8, 4) is 0 Å². The van der Waals surface area contributed by atoms with Crippen LogP contribution < -0.4 is 16.2 Å². The Morgan fingerprint density at radius 1 is 1.47 bits per heavy atom. The SMILES string of the molecule is CCOC(=O)N1CCN(c2ccnc(NN)n2)CC1. The smallest absolute Gasteiger partial charge is 0.409 e. The molecule has 1 aromatic heterocycles. The number of nitrogens with one attached hydrogen (secondary N) is 1. The number of aromatic nitrogens is 2. The molecule has 8 heteroatoms. The maximum atomic E-state index is 11.6. The Bertz CT molecular complexity index is 433. The molecule has 1 saturated heterocycles. The molecule has 1 fully saturated rings. The van der Waals surface area contributed by atoms with E-state index in [1.54, 1.807) is 18.0 Å². The van der Waals surface area contributed by atoms with Crippen LogP contribution in [0.2, 0.25) is 0 Å². The Morgan fingerprint density at radius 3 is 2.84 bits per heavy atom. The third-order valence-corrected chi connectivity index (χ3v) is 2.90. The van der Waals surface area contributed by atoms with E-state index >= 15 is 0 Å². The average molecular weight is 266 g/mol. The number of rotatable bonds is 3. The monoisotopic (exact) mass is 266 g/mol. The highest BCUT2D eigenvalue weighted by Crippen LogP contribution is 2.14. The van der Waals surface area contributed by atoms with Crippen molar-refractivity contribution in [2.75, 3.05) is 43.1 Å². The zero-order valence-corrected chi connectivity index (χ0v) is 10.9. The van der Waals surface area contributed by atoms with Gasteiger partial charge in [-0.1, -0.05) is 0 Å². The van der Waals surface area contributed by atoms with Crippen LogP contribution in [-0.2, 0) is 4.74 Å². The van der Waals surface area contributed by atoms with Gasteiger partial charge in [-0.3, -0.25) is 5.43 Å². The predicted octanol–water partition coefficient (Wildman–Crippen LogP) is 0.0407. The van der Waals surface area contributed by atoms with Crippen LogP contribution in [0.15, 0.2) is 12.3 Å². The van der Waals surface area contributed by atoms with Crippen LogP contribution in [0.25, 0.3) is 0 Å². The summed E-state index contributed by atoms with van der Waals surface area (Å²) in [6.07, 6.45) is 1.39. The summed E-state index contributed by atoms with van der Waals surface area (Å²) in [7, 11) is 0. The van der Waals surface area contributed by atoms with E-state index in [0.29, 0.717) is 38.7 Å². The number of nitrogen functional groups attached to an aromatic ring is 1. The highest BCUT2D eigenvalue weighted by molar-refractivity contribution is 5.68. The number of hydrogen-bond donors (Lipinski definition) is 2. The number of ether oxygens (including phenoxy) is 1. The molecule has 0 saturated carbocycles. The fourth-order valence-corrected chi connectivity index (χ4v) is 1.93. The fourth-order valence-electron chi connectivity index (χ4n) is 1.93. The second kappa shape index (κ2) is 6.19. The van der Waals surface area contributed by atoms with Crippen molar-refractivity contribution in [3.63, 3.8) is 0 Å². The molecule has 19 heavy (non-hydrogen) atoms. The third-order valence-electron chi connectivity index (χ3n) is 2.90. The number of nitrogens with two attached hydrogens (primary N) is 1. The van der Waals surface area contributed by atoms with Gasteiger partial charge in [0, 0.05) is 32.4 Å². The molecule has 1 aliphatic rings. The van der Waals surface area contributed by atoms with Gasteiger partial charge in [0.15, 0.2) is 0 Å². The summed E-state index contributed by atoms with van der Waals surface area (Å²) in [5, 5.41) is 0. The number of hydrogen-bond acceptors (Lipinski definition) is 7. The molecule has 0 unspecified atom stereocenters. The Labute approximate surface area is 111 Å². The van der Waals surface area contributed by atoms with Crippen molar-refractivity contribution in [1.82, 2.24) is 14.9 Å². The topological polar surface area (TPSA) is 96.6 Å². The van der Waals surface area contributed by atoms with Gasteiger partial charge in [-0.25, -0.2) is 15.6 Å². The number of piperazine rings is 1. The van der Waals surface area contributed by atoms with Gasteiger partial charge in [0.2, 0.25) is 5.95 Å². The Hall–Kier alpha value is -2.09. The molecule has 3 N–H and O–H groups in total. The minimum atomic E-state index is -0.255. The number of amides is 1. The van der Waals surface area contributed by atoms with Crippen LogP contribution >= 0.6 is 0 Å². The predicted molar refractivity (Wildman–Crippen MR) is 70.7 cm³/mol. The van der Waals surface area contributed by atoms with Crippen LogP contribution in [0.4, 0.5) is 16.6 Å². The largest absolute Gasteiger partial charge is 0.450 e. The molecule has 0 bridgehead atoms. The second-order valence-corrected chi connectivity index (χ2v) is 4.06. The molecule has 0 radical (unpaired) electrons. The number of carbonyl (C=O) groups excluding carboxylic acids is 1. The summed E-state index contributed by atoms with van der Waals surface area (Å²) in [6.45, 7) is 4.86. The summed E-state index contributed by atoms with van der Waals surface area (Å²) in [5.74, 6) is 6.46. The molecule has 8 nitrogen and oxygen atoms in total. The minimum absolute atomic E-state index is 0.255. The quantitative estimate of drug-likeness (QED) is 0.589. The summed E-state index contributed by atoms with van der Waals surface area (Å²) in [5.41, 5.74) is 2.42. The van der Waals surface area contributed by atoms with E-state index in [-0.39, 0.29) is 6.09 Å². The van der Waals surface area contributed by atoms with Crippen molar-refractivity contribution >= 4 is 17.9 Å². The molecule has 0 aromatic carbocycles. The second-order valence-electron chi connectivity index (χ2n) is 4.06. The first-order valence-electron chi connectivity index (χ1n) is 6.21. The van der Waals surface area contributed by atoms with Crippen molar-refractivity contribution in [3.05, 3.63) is 12.3 Å². The Kier molecular flexibility index (Phi) is 4.35. The van der Waals surface area contributed by atoms with Gasteiger partial charge in [-0.2, -0.15) is 4.98 Å². The summed E-state index contributed by atoms with van der Waals surface area (Å²) in [6, 6.07) is 1.82. The maximum Gasteiger partial charge on any atom is 0.409 e. The third kappa shape index (κ3) is 3.22. The molecular formula is C11H18N6O2. The van der Waals surface area contributed by atoms with Gasteiger partial charge in [-0.05, 0) is 13.0 Å². The molecule has 2 heterocycles. The molecule has 0 spiro atoms. The van der Waals surface area contributed by atoms with Gasteiger partial charge in [-0.15, -0.1) is 0 Å². The van der Waals surface area contributed by atoms with Crippen molar-refractivity contribution in [1.29, 1.82) is 0 Å². The number of hydrazine groups is 1. The van der Waals surface area contributed by atoms with E-state index in [0.717, 1.165) is 5.82 Å². The lowest BCUT2D eigenvalue weighted by molar-refractivity contribution is 0.105. The van der Waals surface area contributed by atoms with Crippen LogP contribution in [-0.4, -0.2) is 53.7 Å². The first-order chi connectivity index (χ1) is 9.24. The molecule has 0 aliphatic carbocycles. The molecule has 104 valence electrons. The van der Waals surface area contributed by atoms with E-state index in [1.807, 2.05) is 6.07 Å². The molecule has 1 aliphatic heterocycles. The van der Waals surface area contributed by atoms with E-state index in [1.165, 1.54) is 0 Å². The van der Waals surface area contributed by atoms with Crippen LogP contribution in [0, 0.1) is 0 Å². The van der Waals surface area contributed by atoms with Crippen molar-refractivity contribution in [2.45, 2.75) is 6.92 Å². The van der Waals surface area contributed by atoms with E-state index in [4.69, 9.17) is 10.6 Å². The highest BCUT2D eigenvalue weighted by atomic mass is 16.6. The summed E-state index contributed by atoms with van der Waals surface area (Å²) >= 11 is 0. The highest BCUT2D eigenvalue weighted by Gasteiger charge is 2.22. The lowest BCUT2D eigenvalue weighted by Gasteiger charge is -2.34. The lowest BCUT2D eigenvalue weighted by Crippen LogP contribution is -2.49. The van der Waals surface area contributed by atoms with Gasteiger partial charge in [0.05, 0.1) is 6.61 Å². The first kappa shape index (κ1) is 13.3. The minimum Gasteiger partial charge on any atom is -0.450 e. The van der Waals surface area contributed by atoms with Crippen LogP contribution in [0.3, 0.4) is 0 Å². The zero-order chi connectivity index (χ0) is 13.7. The Morgan fingerprint density at radius 2 is 2.21 bits per heavy atom. The molecule has 1 aromatic rings.